The van der Waals surface area contributed by atoms with Crippen molar-refractivity contribution in [2.45, 2.75) is 57.9 Å². The molecule has 1 aliphatic rings. The highest BCUT2D eigenvalue weighted by Crippen LogP contribution is 2.45. The molecule has 1 aliphatic carbocycles. The van der Waals surface area contributed by atoms with Gasteiger partial charge < -0.3 is 0 Å². The largest absolute Gasteiger partial charge is 0.0773 e. The van der Waals surface area contributed by atoms with Crippen LogP contribution < -0.4 is 5.19 Å². The fraction of sp³-hybridized carbons (Fsp3) is 0.600. The molecule has 0 atom stereocenters. The molecule has 2 rings (SSSR count). The summed E-state index contributed by atoms with van der Waals surface area (Å²) in [6.07, 6.45) is 2.62. The van der Waals surface area contributed by atoms with E-state index < -0.39 is 0 Å². The van der Waals surface area contributed by atoms with Crippen LogP contribution in [-0.2, 0) is 10.8 Å². The van der Waals surface area contributed by atoms with Crippen LogP contribution in [0.4, 0.5) is 0 Å². The van der Waals surface area contributed by atoms with Gasteiger partial charge in [-0.1, -0.05) is 57.6 Å². The summed E-state index contributed by atoms with van der Waals surface area (Å²) < 4.78 is 0. The second-order valence-electron chi connectivity index (χ2n) is 6.28. The van der Waals surface area contributed by atoms with Crippen molar-refractivity contribution in [1.82, 2.24) is 0 Å². The van der Waals surface area contributed by atoms with Crippen LogP contribution in [0.1, 0.15) is 51.7 Å². The Labute approximate surface area is 102 Å². The van der Waals surface area contributed by atoms with Crippen LogP contribution >= 0.6 is 0 Å². The molecule has 0 bridgehead atoms. The Bertz CT molecular complexity index is 402. The fourth-order valence-electron chi connectivity index (χ4n) is 2.74. The monoisotopic (exact) mass is 230 g/mol. The summed E-state index contributed by atoms with van der Waals surface area (Å²) in [5.41, 5.74) is 3.89. The maximum Gasteiger partial charge on any atom is 0.0773 e. The average molecular weight is 230 g/mol. The quantitative estimate of drug-likeness (QED) is 0.649. The molecule has 0 amide bonds. The van der Waals surface area contributed by atoms with Crippen molar-refractivity contribution in [2.75, 3.05) is 0 Å². The lowest BCUT2D eigenvalue weighted by molar-refractivity contribution is 0.332. The van der Waals surface area contributed by atoms with Crippen LogP contribution in [0.2, 0.25) is 6.55 Å². The van der Waals surface area contributed by atoms with Crippen molar-refractivity contribution < 1.29 is 0 Å². The minimum Gasteiger partial charge on any atom is -0.0688 e. The zero-order chi connectivity index (χ0) is 12.0. The molecule has 0 spiro atoms. The smallest absolute Gasteiger partial charge is 0.0688 e. The maximum absolute atomic E-state index is 2.45. The second kappa shape index (κ2) is 3.73. The molecule has 1 heteroatoms. The van der Waals surface area contributed by atoms with Gasteiger partial charge in [0.1, 0.15) is 0 Å². The van der Waals surface area contributed by atoms with E-state index in [-0.39, 0.29) is 0 Å². The van der Waals surface area contributed by atoms with E-state index in [2.05, 4.69) is 52.4 Å². The van der Waals surface area contributed by atoms with Crippen molar-refractivity contribution in [3.8, 4) is 0 Å². The number of fused-ring (bicyclic) bond motifs is 1. The summed E-state index contributed by atoms with van der Waals surface area (Å²) in [4.78, 5) is 0. The van der Waals surface area contributed by atoms with Gasteiger partial charge in [0.2, 0.25) is 0 Å². The third kappa shape index (κ3) is 1.86. The second-order valence-corrected chi connectivity index (χ2v) is 7.36. The first-order valence-electron chi connectivity index (χ1n) is 6.20. The Morgan fingerprint density at radius 1 is 0.938 bits per heavy atom. The SMILES string of the molecule is C[Si]c1ccc2c(c1)C(C)(C)CCC2(C)C. The number of hydrogen-bond acceptors (Lipinski definition) is 0. The molecule has 0 nitrogen and oxygen atoms in total. The zero-order valence-corrected chi connectivity index (χ0v) is 12.1. The molecule has 0 saturated heterocycles. The molecule has 1 aromatic carbocycles. The number of rotatable bonds is 1. The lowest BCUT2D eigenvalue weighted by Crippen LogP contribution is -2.35. The van der Waals surface area contributed by atoms with Gasteiger partial charge >= 0.3 is 0 Å². The highest BCUT2D eigenvalue weighted by atomic mass is 28.2. The molecular weight excluding hydrogens is 208 g/mol. The molecule has 0 fully saturated rings. The van der Waals surface area contributed by atoms with Crippen LogP contribution in [0.5, 0.6) is 0 Å². The van der Waals surface area contributed by atoms with Gasteiger partial charge in [0, 0.05) is 0 Å². The molecule has 2 radical (unpaired) electrons. The van der Waals surface area contributed by atoms with Gasteiger partial charge in [0.25, 0.3) is 0 Å². The number of hydrogen-bond donors (Lipinski definition) is 0. The minimum atomic E-state index is 0.361. The molecule has 16 heavy (non-hydrogen) atoms. The minimum absolute atomic E-state index is 0.361. The molecule has 0 heterocycles. The Morgan fingerprint density at radius 3 is 2.06 bits per heavy atom. The Hall–Kier alpha value is -0.563. The Kier molecular flexibility index (Phi) is 2.78. The molecular formula is C15H22Si. The van der Waals surface area contributed by atoms with Crippen LogP contribution in [-0.4, -0.2) is 9.52 Å². The highest BCUT2D eigenvalue weighted by Gasteiger charge is 2.36. The molecule has 1 aromatic rings. The first-order valence-corrected chi connectivity index (χ1v) is 7.70. The van der Waals surface area contributed by atoms with Crippen LogP contribution in [0, 0.1) is 0 Å². The van der Waals surface area contributed by atoms with Crippen molar-refractivity contribution in [3.05, 3.63) is 29.3 Å². The normalized spacial score (nSPS) is 21.6. The summed E-state index contributed by atoms with van der Waals surface area (Å²) in [7, 11) is 0.909. The van der Waals surface area contributed by atoms with Gasteiger partial charge in [-0.3, -0.25) is 0 Å². The predicted octanol–water partition coefficient (Wildman–Crippen LogP) is 3.41. The molecule has 86 valence electrons. The predicted molar refractivity (Wildman–Crippen MR) is 73.0 cm³/mol. The molecule has 0 unspecified atom stereocenters. The summed E-state index contributed by atoms with van der Waals surface area (Å²) in [5.74, 6) is 0. The Balaban J connectivity index is 2.60. The fourth-order valence-corrected chi connectivity index (χ4v) is 3.28. The van der Waals surface area contributed by atoms with E-state index in [1.165, 1.54) is 18.0 Å². The van der Waals surface area contributed by atoms with Gasteiger partial charge in [-0.25, -0.2) is 0 Å². The molecule has 0 saturated carbocycles. The molecule has 0 aromatic heterocycles. The van der Waals surface area contributed by atoms with E-state index >= 15 is 0 Å². The lowest BCUT2D eigenvalue weighted by atomic mass is 9.63. The highest BCUT2D eigenvalue weighted by molar-refractivity contribution is 6.51. The van der Waals surface area contributed by atoms with E-state index in [0.29, 0.717) is 10.8 Å². The van der Waals surface area contributed by atoms with Crippen molar-refractivity contribution in [2.24, 2.45) is 0 Å². The molecule has 0 N–H and O–H groups in total. The standard InChI is InChI=1S/C15H22Si/c1-14(2)8-9-15(3,4)13-10-11(16-5)6-7-12(13)14/h6-7,10H,8-9H2,1-5H3. The first-order chi connectivity index (χ1) is 7.37. The van der Waals surface area contributed by atoms with Crippen LogP contribution in [0.3, 0.4) is 0 Å². The summed E-state index contributed by atoms with van der Waals surface area (Å²) >= 11 is 0. The third-order valence-corrected chi connectivity index (χ3v) is 5.03. The maximum atomic E-state index is 2.45. The Morgan fingerprint density at radius 2 is 1.50 bits per heavy atom. The van der Waals surface area contributed by atoms with E-state index in [0.717, 1.165) is 9.52 Å². The van der Waals surface area contributed by atoms with Gasteiger partial charge in [0.15, 0.2) is 0 Å². The lowest BCUT2D eigenvalue weighted by Gasteiger charge is -2.42. The average Bonchev–Trinajstić information content (AvgIpc) is 2.24. The summed E-state index contributed by atoms with van der Waals surface area (Å²) in [6.45, 7) is 11.8. The van der Waals surface area contributed by atoms with E-state index in [9.17, 15) is 0 Å². The number of benzene rings is 1. The summed E-state index contributed by atoms with van der Waals surface area (Å²) in [6, 6.07) is 7.15. The van der Waals surface area contributed by atoms with Gasteiger partial charge in [-0.15, -0.1) is 0 Å². The van der Waals surface area contributed by atoms with Gasteiger partial charge in [-0.05, 0) is 34.8 Å². The summed E-state index contributed by atoms with van der Waals surface area (Å²) in [5, 5.41) is 1.50. The molecule has 0 aliphatic heterocycles. The van der Waals surface area contributed by atoms with Crippen molar-refractivity contribution in [1.29, 1.82) is 0 Å². The van der Waals surface area contributed by atoms with Crippen LogP contribution in [0.25, 0.3) is 0 Å². The van der Waals surface area contributed by atoms with E-state index in [1.807, 2.05) is 0 Å². The zero-order valence-electron chi connectivity index (χ0n) is 11.1. The van der Waals surface area contributed by atoms with Gasteiger partial charge in [0.05, 0.1) is 9.52 Å². The van der Waals surface area contributed by atoms with Crippen molar-refractivity contribution in [3.63, 3.8) is 0 Å². The van der Waals surface area contributed by atoms with Crippen LogP contribution in [0.15, 0.2) is 18.2 Å². The van der Waals surface area contributed by atoms with Crippen molar-refractivity contribution >= 4 is 14.7 Å². The first kappa shape index (κ1) is 11.9. The van der Waals surface area contributed by atoms with Gasteiger partial charge in [-0.2, -0.15) is 0 Å². The van der Waals surface area contributed by atoms with E-state index in [1.54, 1.807) is 11.1 Å². The third-order valence-electron chi connectivity index (χ3n) is 4.14. The topological polar surface area (TPSA) is 0 Å². The van der Waals surface area contributed by atoms with E-state index in [4.69, 9.17) is 0 Å².